The Bertz CT molecular complexity index is 1400. The molecule has 2 atom stereocenters. The summed E-state index contributed by atoms with van der Waals surface area (Å²) in [6.07, 6.45) is 0.926. The predicted octanol–water partition coefficient (Wildman–Crippen LogP) is 6.96. The van der Waals surface area contributed by atoms with E-state index in [1.165, 1.54) is 32.9 Å². The summed E-state index contributed by atoms with van der Waals surface area (Å²) in [5.74, 6) is 1.75. The van der Waals surface area contributed by atoms with E-state index in [0.29, 0.717) is 0 Å². The third-order valence-corrected chi connectivity index (χ3v) is 6.85. The van der Waals surface area contributed by atoms with Crippen LogP contribution < -0.4 is 14.8 Å². The first-order valence-corrected chi connectivity index (χ1v) is 11.3. The largest absolute Gasteiger partial charge is 0.497 e. The summed E-state index contributed by atoms with van der Waals surface area (Å²) in [7, 11) is 3.43. The molecule has 0 fully saturated rings. The molecule has 0 radical (unpaired) electrons. The molecule has 0 aliphatic carbocycles. The molecule has 4 aromatic carbocycles. The average molecular weight is 435 g/mol. The van der Waals surface area contributed by atoms with Gasteiger partial charge in [0.05, 0.1) is 26.3 Å². The van der Waals surface area contributed by atoms with Gasteiger partial charge in [-0.1, -0.05) is 48.5 Å². The molecule has 1 N–H and O–H groups in total. The summed E-state index contributed by atoms with van der Waals surface area (Å²) < 4.78 is 13.5. The van der Waals surface area contributed by atoms with Crippen LogP contribution in [0.2, 0.25) is 0 Å². The molecule has 0 bridgehead atoms. The van der Waals surface area contributed by atoms with Crippen molar-refractivity contribution in [1.82, 2.24) is 4.57 Å². The highest BCUT2D eigenvalue weighted by atomic mass is 16.5. The summed E-state index contributed by atoms with van der Waals surface area (Å²) >= 11 is 0. The molecule has 1 aliphatic rings. The lowest BCUT2D eigenvalue weighted by Crippen LogP contribution is -2.25. The normalized spacial score (nSPS) is 17.5. The Morgan fingerprint density at radius 2 is 1.33 bits per heavy atom. The van der Waals surface area contributed by atoms with E-state index in [1.54, 1.807) is 14.2 Å². The number of nitrogens with zero attached hydrogens (tertiary/aromatic N) is 1. The highest BCUT2D eigenvalue weighted by molar-refractivity contribution is 6.08. The number of para-hydroxylation sites is 2. The van der Waals surface area contributed by atoms with Crippen molar-refractivity contribution in [2.24, 2.45) is 0 Å². The molecule has 33 heavy (non-hydrogen) atoms. The molecule has 4 nitrogen and oxygen atoms in total. The first-order valence-electron chi connectivity index (χ1n) is 11.3. The molecule has 0 amide bonds. The van der Waals surface area contributed by atoms with Crippen LogP contribution in [0.1, 0.15) is 29.6 Å². The van der Waals surface area contributed by atoms with Crippen molar-refractivity contribution < 1.29 is 9.47 Å². The third kappa shape index (κ3) is 3.21. The van der Waals surface area contributed by atoms with Crippen molar-refractivity contribution in [1.29, 1.82) is 0 Å². The second-order valence-electron chi connectivity index (χ2n) is 8.58. The molecular formula is C29H26N2O2. The summed E-state index contributed by atoms with van der Waals surface area (Å²) in [5, 5.41) is 6.36. The maximum Gasteiger partial charge on any atom is 0.119 e. The molecule has 0 saturated heterocycles. The summed E-state index contributed by atoms with van der Waals surface area (Å²) in [6.45, 7) is 0. The number of rotatable bonds is 4. The second-order valence-corrected chi connectivity index (χ2v) is 8.58. The molecule has 0 saturated carbocycles. The smallest absolute Gasteiger partial charge is 0.119 e. The Hall–Kier alpha value is -3.92. The van der Waals surface area contributed by atoms with Crippen LogP contribution in [0.25, 0.3) is 21.8 Å². The minimum Gasteiger partial charge on any atom is -0.497 e. The number of hydrogen-bond donors (Lipinski definition) is 1. The number of ether oxygens (including phenoxy) is 2. The van der Waals surface area contributed by atoms with Gasteiger partial charge in [0.1, 0.15) is 11.5 Å². The minimum atomic E-state index is 0.160. The Balaban J connectivity index is 1.57. The van der Waals surface area contributed by atoms with Gasteiger partial charge in [-0.05, 0) is 54.4 Å². The molecule has 6 rings (SSSR count). The van der Waals surface area contributed by atoms with E-state index in [9.17, 15) is 0 Å². The monoisotopic (exact) mass is 434 g/mol. The lowest BCUT2D eigenvalue weighted by Gasteiger charge is -2.35. The van der Waals surface area contributed by atoms with Gasteiger partial charge >= 0.3 is 0 Å². The molecule has 1 aromatic heterocycles. The van der Waals surface area contributed by atoms with Crippen molar-refractivity contribution in [3.8, 4) is 11.5 Å². The topological polar surface area (TPSA) is 35.4 Å². The maximum absolute atomic E-state index is 5.61. The molecule has 2 heterocycles. The maximum atomic E-state index is 5.61. The van der Waals surface area contributed by atoms with E-state index in [0.717, 1.165) is 23.6 Å². The van der Waals surface area contributed by atoms with Gasteiger partial charge in [-0.25, -0.2) is 0 Å². The van der Waals surface area contributed by atoms with Crippen LogP contribution in [0.15, 0.2) is 91.0 Å². The first kappa shape index (κ1) is 19.7. The Morgan fingerprint density at radius 1 is 0.727 bits per heavy atom. The van der Waals surface area contributed by atoms with Crippen LogP contribution in [0.4, 0.5) is 5.69 Å². The standard InChI is InChI=1S/C29H26N2O2/c1-32-20-13-11-19(12-14-20)26-18-29(24-17-21(33-2)15-16-25(24)30-26)31-27-9-5-3-7-22(27)23-8-4-6-10-28(23)31/h3-17,26,29-30H,18H2,1-2H3. The van der Waals surface area contributed by atoms with Crippen LogP contribution in [0.5, 0.6) is 11.5 Å². The zero-order valence-electron chi connectivity index (χ0n) is 18.8. The molecule has 5 aromatic rings. The Morgan fingerprint density at radius 3 is 1.97 bits per heavy atom. The number of anilines is 1. The predicted molar refractivity (Wildman–Crippen MR) is 135 cm³/mol. The number of methoxy groups -OCH3 is 2. The van der Waals surface area contributed by atoms with E-state index in [4.69, 9.17) is 9.47 Å². The lowest BCUT2D eigenvalue weighted by atomic mass is 9.88. The molecule has 1 aliphatic heterocycles. The first-order chi connectivity index (χ1) is 16.3. The van der Waals surface area contributed by atoms with Gasteiger partial charge < -0.3 is 19.4 Å². The lowest BCUT2D eigenvalue weighted by molar-refractivity contribution is 0.411. The van der Waals surface area contributed by atoms with Crippen LogP contribution in [0, 0.1) is 0 Å². The number of fused-ring (bicyclic) bond motifs is 4. The molecule has 2 unspecified atom stereocenters. The van der Waals surface area contributed by atoms with Gasteiger partial charge in [-0.15, -0.1) is 0 Å². The van der Waals surface area contributed by atoms with Crippen molar-refractivity contribution in [2.45, 2.75) is 18.5 Å². The number of benzene rings is 4. The van der Waals surface area contributed by atoms with Crippen LogP contribution in [-0.2, 0) is 0 Å². The highest BCUT2D eigenvalue weighted by Gasteiger charge is 2.31. The fraction of sp³-hybridized carbons (Fsp3) is 0.172. The number of nitrogens with one attached hydrogen (secondary N) is 1. The number of aromatic nitrogens is 1. The molecule has 0 spiro atoms. The molecule has 4 heteroatoms. The molecule has 164 valence electrons. The fourth-order valence-corrected chi connectivity index (χ4v) is 5.26. The molecular weight excluding hydrogens is 408 g/mol. The van der Waals surface area contributed by atoms with Crippen molar-refractivity contribution in [2.75, 3.05) is 19.5 Å². The van der Waals surface area contributed by atoms with Gasteiger partial charge in [0, 0.05) is 33.1 Å². The summed E-state index contributed by atoms with van der Waals surface area (Å²) in [4.78, 5) is 0. The summed E-state index contributed by atoms with van der Waals surface area (Å²) in [5.41, 5.74) is 6.17. The van der Waals surface area contributed by atoms with E-state index in [1.807, 2.05) is 18.2 Å². The Kier molecular flexibility index (Phi) is 4.72. The van der Waals surface area contributed by atoms with Gasteiger partial charge in [0.15, 0.2) is 0 Å². The second kappa shape index (κ2) is 7.89. The SMILES string of the molecule is COc1ccc(C2CC(n3c4ccccc4c4ccccc43)c3cc(OC)ccc3N2)cc1. The van der Waals surface area contributed by atoms with Crippen molar-refractivity contribution in [3.63, 3.8) is 0 Å². The quantitative estimate of drug-likeness (QED) is 0.332. The van der Waals surface area contributed by atoms with Crippen LogP contribution >= 0.6 is 0 Å². The number of hydrogen-bond acceptors (Lipinski definition) is 3. The minimum absolute atomic E-state index is 0.160. The summed E-state index contributed by atoms with van der Waals surface area (Å²) in [6, 6.07) is 32.5. The van der Waals surface area contributed by atoms with E-state index < -0.39 is 0 Å². The van der Waals surface area contributed by atoms with E-state index >= 15 is 0 Å². The fourth-order valence-electron chi connectivity index (χ4n) is 5.26. The highest BCUT2D eigenvalue weighted by Crippen LogP contribution is 2.45. The Labute approximate surface area is 193 Å². The van der Waals surface area contributed by atoms with Crippen molar-refractivity contribution >= 4 is 27.5 Å². The van der Waals surface area contributed by atoms with E-state index in [-0.39, 0.29) is 12.1 Å². The van der Waals surface area contributed by atoms with Gasteiger partial charge in [-0.2, -0.15) is 0 Å². The zero-order valence-corrected chi connectivity index (χ0v) is 18.8. The average Bonchev–Trinajstić information content (AvgIpc) is 3.22. The van der Waals surface area contributed by atoms with Gasteiger partial charge in [-0.3, -0.25) is 0 Å². The van der Waals surface area contributed by atoms with Crippen LogP contribution in [-0.4, -0.2) is 18.8 Å². The van der Waals surface area contributed by atoms with Gasteiger partial charge in [0.2, 0.25) is 0 Å². The zero-order chi connectivity index (χ0) is 22.4. The third-order valence-electron chi connectivity index (χ3n) is 6.85. The van der Waals surface area contributed by atoms with E-state index in [2.05, 4.69) is 82.7 Å². The van der Waals surface area contributed by atoms with Crippen molar-refractivity contribution in [3.05, 3.63) is 102 Å². The van der Waals surface area contributed by atoms with Gasteiger partial charge in [0.25, 0.3) is 0 Å². The van der Waals surface area contributed by atoms with Crippen LogP contribution in [0.3, 0.4) is 0 Å².